The molecule has 0 bridgehead atoms. The van der Waals surface area contributed by atoms with Crippen LogP contribution in [0.4, 0.5) is 5.69 Å². The van der Waals surface area contributed by atoms with Crippen LogP contribution in [0.2, 0.25) is 10.0 Å². The number of carbonyl (C=O) groups excluding carboxylic acids is 2. The molecule has 2 aromatic rings. The third-order valence-corrected chi connectivity index (χ3v) is 7.46. The summed E-state index contributed by atoms with van der Waals surface area (Å²) in [4.78, 5) is 27.8. The fourth-order valence-electron chi connectivity index (χ4n) is 3.51. The number of hydrogen-bond acceptors (Lipinski definition) is 4. The Balaban J connectivity index is 2.40. The summed E-state index contributed by atoms with van der Waals surface area (Å²) in [7, 11) is -3.79. The van der Waals surface area contributed by atoms with Gasteiger partial charge in [-0.3, -0.25) is 13.9 Å². The topological polar surface area (TPSA) is 86.8 Å². The predicted octanol–water partition coefficient (Wildman–Crippen LogP) is 5.07. The van der Waals surface area contributed by atoms with Crippen LogP contribution in [0.1, 0.15) is 51.7 Å². The summed E-state index contributed by atoms with van der Waals surface area (Å²) >= 11 is 12.4. The number of anilines is 1. The molecule has 0 radical (unpaired) electrons. The standard InChI is InChI=1S/C26H35Cl2N3O4S/c1-17(2)14-29-26(33)19(5)30(15-21-7-10-22(27)13-24(21)28)25(32)16-31(36(6,34)35)23-11-8-20(9-12-23)18(3)4/h7-13,17-19H,14-16H2,1-6H3,(H,29,33)/t19-/m0/s1. The molecule has 1 N–H and O–H groups in total. The molecule has 7 nitrogen and oxygen atoms in total. The lowest BCUT2D eigenvalue weighted by atomic mass is 10.0. The molecule has 0 aromatic heterocycles. The van der Waals surface area contributed by atoms with Crippen LogP contribution in [0, 0.1) is 5.92 Å². The van der Waals surface area contributed by atoms with Gasteiger partial charge < -0.3 is 10.2 Å². The number of nitrogens with one attached hydrogen (secondary N) is 1. The molecule has 1 atom stereocenters. The number of benzene rings is 2. The first kappa shape index (κ1) is 29.9. The van der Waals surface area contributed by atoms with Gasteiger partial charge in [0.1, 0.15) is 12.6 Å². The summed E-state index contributed by atoms with van der Waals surface area (Å²) < 4.78 is 26.4. The Hall–Kier alpha value is -2.29. The van der Waals surface area contributed by atoms with E-state index in [1.54, 1.807) is 37.3 Å². The van der Waals surface area contributed by atoms with E-state index >= 15 is 0 Å². The number of sulfonamides is 1. The third-order valence-electron chi connectivity index (χ3n) is 5.73. The average molecular weight is 557 g/mol. The van der Waals surface area contributed by atoms with Gasteiger partial charge in [0.25, 0.3) is 0 Å². The number of amides is 2. The molecule has 0 saturated heterocycles. The molecule has 0 fully saturated rings. The predicted molar refractivity (Wildman–Crippen MR) is 147 cm³/mol. The zero-order valence-corrected chi connectivity index (χ0v) is 23.9. The minimum absolute atomic E-state index is 0.00892. The second-order valence-electron chi connectivity index (χ2n) is 9.59. The zero-order valence-electron chi connectivity index (χ0n) is 21.6. The third kappa shape index (κ3) is 8.39. The Kier molecular flexibility index (Phi) is 10.6. The van der Waals surface area contributed by atoms with Gasteiger partial charge in [-0.15, -0.1) is 0 Å². The SMILES string of the molecule is CC(C)CNC(=O)[C@H](C)N(Cc1ccc(Cl)cc1Cl)C(=O)CN(c1ccc(C(C)C)cc1)S(C)(=O)=O. The quantitative estimate of drug-likeness (QED) is 0.419. The summed E-state index contributed by atoms with van der Waals surface area (Å²) in [5, 5.41) is 3.63. The Morgan fingerprint density at radius 2 is 1.58 bits per heavy atom. The van der Waals surface area contributed by atoms with Gasteiger partial charge in [-0.05, 0) is 54.2 Å². The molecule has 0 aliphatic heterocycles. The van der Waals surface area contributed by atoms with Gasteiger partial charge in [0.05, 0.1) is 11.9 Å². The number of hydrogen-bond donors (Lipinski definition) is 1. The monoisotopic (exact) mass is 555 g/mol. The number of halogens is 2. The highest BCUT2D eigenvalue weighted by Gasteiger charge is 2.30. The summed E-state index contributed by atoms with van der Waals surface area (Å²) in [5.41, 5.74) is 2.01. The van der Waals surface area contributed by atoms with Gasteiger partial charge in [0.2, 0.25) is 21.8 Å². The van der Waals surface area contributed by atoms with Crippen molar-refractivity contribution in [1.82, 2.24) is 10.2 Å². The van der Waals surface area contributed by atoms with Crippen LogP contribution in [0.15, 0.2) is 42.5 Å². The second-order valence-corrected chi connectivity index (χ2v) is 12.3. The van der Waals surface area contributed by atoms with Crippen molar-refractivity contribution in [2.75, 3.05) is 23.7 Å². The lowest BCUT2D eigenvalue weighted by Crippen LogP contribution is -2.51. The van der Waals surface area contributed by atoms with Crippen LogP contribution in [-0.2, 0) is 26.2 Å². The number of nitrogens with zero attached hydrogens (tertiary/aromatic N) is 2. The maximum Gasteiger partial charge on any atom is 0.244 e. The van der Waals surface area contributed by atoms with Gasteiger partial charge in [-0.25, -0.2) is 8.42 Å². The first-order valence-corrected chi connectivity index (χ1v) is 14.4. The van der Waals surface area contributed by atoms with E-state index in [1.807, 2.05) is 39.8 Å². The molecule has 0 saturated carbocycles. The first-order chi connectivity index (χ1) is 16.7. The van der Waals surface area contributed by atoms with Gasteiger partial charge >= 0.3 is 0 Å². The largest absolute Gasteiger partial charge is 0.354 e. The van der Waals surface area contributed by atoms with E-state index in [2.05, 4.69) is 5.32 Å². The van der Waals surface area contributed by atoms with Crippen LogP contribution >= 0.6 is 23.2 Å². The van der Waals surface area contributed by atoms with Crippen LogP contribution in [0.5, 0.6) is 0 Å². The molecule has 0 spiro atoms. The highest BCUT2D eigenvalue weighted by Crippen LogP contribution is 2.25. The molecule has 2 rings (SSSR count). The van der Waals surface area contributed by atoms with Crippen molar-refractivity contribution in [3.63, 3.8) is 0 Å². The van der Waals surface area contributed by atoms with E-state index in [4.69, 9.17) is 23.2 Å². The number of rotatable bonds is 11. The minimum atomic E-state index is -3.79. The minimum Gasteiger partial charge on any atom is -0.354 e. The summed E-state index contributed by atoms with van der Waals surface area (Å²) in [5.74, 6) is -0.372. The molecule has 0 heterocycles. The van der Waals surface area contributed by atoms with Crippen LogP contribution < -0.4 is 9.62 Å². The van der Waals surface area contributed by atoms with E-state index in [1.165, 1.54) is 4.90 Å². The maximum atomic E-state index is 13.6. The second kappa shape index (κ2) is 12.8. The Morgan fingerprint density at radius 3 is 2.08 bits per heavy atom. The van der Waals surface area contributed by atoms with Crippen molar-refractivity contribution in [3.05, 3.63) is 63.6 Å². The summed E-state index contributed by atoms with van der Waals surface area (Å²) in [6, 6.07) is 11.1. The lowest BCUT2D eigenvalue weighted by molar-refractivity contribution is -0.139. The smallest absolute Gasteiger partial charge is 0.244 e. The van der Waals surface area contributed by atoms with Crippen molar-refractivity contribution in [3.8, 4) is 0 Å². The molecule has 198 valence electrons. The Labute approximate surface area is 224 Å². The van der Waals surface area contributed by atoms with Gasteiger partial charge in [0, 0.05) is 23.1 Å². The normalized spacial score (nSPS) is 12.5. The summed E-state index contributed by atoms with van der Waals surface area (Å²) in [6.45, 7) is 9.62. The number of carbonyl (C=O) groups is 2. The van der Waals surface area contributed by atoms with E-state index in [9.17, 15) is 18.0 Å². The maximum absolute atomic E-state index is 13.6. The molecule has 36 heavy (non-hydrogen) atoms. The average Bonchev–Trinajstić information content (AvgIpc) is 2.79. The molecule has 2 aromatic carbocycles. The fourth-order valence-corrected chi connectivity index (χ4v) is 4.83. The van der Waals surface area contributed by atoms with E-state index in [0.717, 1.165) is 16.1 Å². The molecular weight excluding hydrogens is 521 g/mol. The van der Waals surface area contributed by atoms with Crippen LogP contribution in [-0.4, -0.2) is 50.5 Å². The van der Waals surface area contributed by atoms with Crippen LogP contribution in [0.25, 0.3) is 0 Å². The van der Waals surface area contributed by atoms with E-state index in [0.29, 0.717) is 27.8 Å². The van der Waals surface area contributed by atoms with E-state index in [-0.39, 0.29) is 24.3 Å². The molecule has 0 aliphatic rings. The lowest BCUT2D eigenvalue weighted by Gasteiger charge is -2.32. The van der Waals surface area contributed by atoms with Crippen LogP contribution in [0.3, 0.4) is 0 Å². The molecular formula is C26H35Cl2N3O4S. The van der Waals surface area contributed by atoms with Crippen molar-refractivity contribution in [2.45, 2.75) is 53.1 Å². The molecule has 2 amide bonds. The Morgan fingerprint density at radius 1 is 0.972 bits per heavy atom. The summed E-state index contributed by atoms with van der Waals surface area (Å²) in [6.07, 6.45) is 1.05. The van der Waals surface area contributed by atoms with Crippen molar-refractivity contribution < 1.29 is 18.0 Å². The van der Waals surface area contributed by atoms with E-state index < -0.39 is 28.5 Å². The van der Waals surface area contributed by atoms with Crippen molar-refractivity contribution in [1.29, 1.82) is 0 Å². The van der Waals surface area contributed by atoms with Gasteiger partial charge in [0.15, 0.2) is 0 Å². The van der Waals surface area contributed by atoms with Gasteiger partial charge in [-0.2, -0.15) is 0 Å². The molecule has 0 unspecified atom stereocenters. The highest BCUT2D eigenvalue weighted by molar-refractivity contribution is 7.92. The highest BCUT2D eigenvalue weighted by atomic mass is 35.5. The Bertz CT molecular complexity index is 1170. The van der Waals surface area contributed by atoms with Crippen molar-refractivity contribution >= 4 is 50.7 Å². The fraction of sp³-hybridized carbons (Fsp3) is 0.462. The molecule has 10 heteroatoms. The first-order valence-electron chi connectivity index (χ1n) is 11.8. The van der Waals surface area contributed by atoms with Crippen molar-refractivity contribution in [2.24, 2.45) is 5.92 Å². The zero-order chi connectivity index (χ0) is 27.2. The molecule has 0 aliphatic carbocycles. The van der Waals surface area contributed by atoms with Gasteiger partial charge in [-0.1, -0.05) is 69.1 Å².